The van der Waals surface area contributed by atoms with Crippen molar-refractivity contribution in [1.29, 1.82) is 0 Å². The molecule has 0 spiro atoms. The van der Waals surface area contributed by atoms with E-state index in [1.165, 1.54) is 12.1 Å². The largest absolute Gasteiger partial charge is 0.457 e. The summed E-state index contributed by atoms with van der Waals surface area (Å²) in [5, 5.41) is 7.88. The van der Waals surface area contributed by atoms with Gasteiger partial charge in [-0.2, -0.15) is 0 Å². The van der Waals surface area contributed by atoms with Gasteiger partial charge in [0.2, 0.25) is 0 Å². The maximum absolute atomic E-state index is 14.5. The zero-order chi connectivity index (χ0) is 24.3. The fourth-order valence-corrected chi connectivity index (χ4v) is 3.24. The third-order valence-corrected chi connectivity index (χ3v) is 5.18. The number of amides is 3. The highest BCUT2D eigenvalue weighted by atomic mass is 19.1. The van der Waals surface area contributed by atoms with Gasteiger partial charge in [0.1, 0.15) is 17.3 Å². The summed E-state index contributed by atoms with van der Waals surface area (Å²) in [6.45, 7) is 7.10. The van der Waals surface area contributed by atoms with Gasteiger partial charge in [-0.25, -0.2) is 9.18 Å². The summed E-state index contributed by atoms with van der Waals surface area (Å²) in [7, 11) is 0. The van der Waals surface area contributed by atoms with E-state index in [1.807, 2.05) is 30.3 Å². The maximum Gasteiger partial charge on any atom is 0.323 e. The van der Waals surface area contributed by atoms with Crippen molar-refractivity contribution in [2.75, 3.05) is 36.8 Å². The molecule has 0 fully saturated rings. The molecule has 3 aromatic carbocycles. The first-order chi connectivity index (χ1) is 16.5. The van der Waals surface area contributed by atoms with E-state index in [1.54, 1.807) is 24.3 Å². The van der Waals surface area contributed by atoms with E-state index in [0.717, 1.165) is 25.7 Å². The number of halogens is 1. The van der Waals surface area contributed by atoms with Crippen LogP contribution in [-0.4, -0.2) is 43.0 Å². The third-order valence-electron chi connectivity index (χ3n) is 5.18. The third kappa shape index (κ3) is 7.31. The van der Waals surface area contributed by atoms with E-state index >= 15 is 0 Å². The molecule has 3 N–H and O–H groups in total. The Morgan fingerprint density at radius 1 is 0.882 bits per heavy atom. The van der Waals surface area contributed by atoms with Crippen LogP contribution in [0.2, 0.25) is 0 Å². The Morgan fingerprint density at radius 2 is 1.56 bits per heavy atom. The fourth-order valence-electron chi connectivity index (χ4n) is 3.24. The number of likely N-dealkylation sites (N-methyl/N-ethyl adjacent to an activating group) is 1. The molecule has 0 aliphatic heterocycles. The van der Waals surface area contributed by atoms with Gasteiger partial charge in [-0.1, -0.05) is 32.0 Å². The lowest BCUT2D eigenvalue weighted by molar-refractivity contribution is 0.0948. The Morgan fingerprint density at radius 3 is 2.21 bits per heavy atom. The van der Waals surface area contributed by atoms with Crippen LogP contribution in [0.4, 0.5) is 20.6 Å². The molecule has 3 amide bonds. The van der Waals surface area contributed by atoms with Crippen LogP contribution in [-0.2, 0) is 0 Å². The van der Waals surface area contributed by atoms with Crippen LogP contribution in [0.25, 0.3) is 0 Å². The first-order valence-corrected chi connectivity index (χ1v) is 11.2. The highest BCUT2D eigenvalue weighted by molar-refractivity contribution is 6.00. The molecule has 0 aliphatic rings. The number of rotatable bonds is 10. The molecule has 0 aromatic heterocycles. The number of benzene rings is 3. The Hall–Kier alpha value is -3.91. The van der Waals surface area contributed by atoms with Crippen molar-refractivity contribution in [2.24, 2.45) is 0 Å². The minimum Gasteiger partial charge on any atom is -0.457 e. The molecular weight excluding hydrogens is 435 g/mol. The highest BCUT2D eigenvalue weighted by Crippen LogP contribution is 2.23. The van der Waals surface area contributed by atoms with Crippen LogP contribution >= 0.6 is 0 Å². The van der Waals surface area contributed by atoms with E-state index in [4.69, 9.17) is 4.74 Å². The lowest BCUT2D eigenvalue weighted by atomic mass is 10.2. The smallest absolute Gasteiger partial charge is 0.323 e. The van der Waals surface area contributed by atoms with E-state index in [0.29, 0.717) is 23.7 Å². The molecule has 0 atom stereocenters. The summed E-state index contributed by atoms with van der Waals surface area (Å²) < 4.78 is 20.2. The lowest BCUT2D eigenvalue weighted by Crippen LogP contribution is -2.34. The van der Waals surface area contributed by atoms with Crippen molar-refractivity contribution in [2.45, 2.75) is 13.8 Å². The average molecular weight is 465 g/mol. The number of hydrogen-bond donors (Lipinski definition) is 3. The van der Waals surface area contributed by atoms with E-state index in [-0.39, 0.29) is 17.2 Å². The van der Waals surface area contributed by atoms with Crippen LogP contribution in [0.1, 0.15) is 24.2 Å². The van der Waals surface area contributed by atoms with Gasteiger partial charge >= 0.3 is 6.03 Å². The normalized spacial score (nSPS) is 10.6. The van der Waals surface area contributed by atoms with Crippen molar-refractivity contribution in [3.8, 4) is 11.5 Å². The SMILES string of the molecule is CCN(CC)CCNC(=O)c1ccc(NC(=O)Nc2ccc(Oc3ccccc3)cc2)c(F)c1. The number of carbonyl (C=O) groups excluding carboxylic acids is 2. The standard InChI is InChI=1S/C26H29FN4O3/c1-3-31(4-2)17-16-28-25(32)19-10-15-24(23(27)18-19)30-26(33)29-20-11-13-22(14-12-20)34-21-8-6-5-7-9-21/h5-15,18H,3-4,16-17H2,1-2H3,(H,28,32)(H2,29,30,33). The van der Waals surface area contributed by atoms with Gasteiger partial charge in [0.15, 0.2) is 0 Å². The molecule has 3 rings (SSSR count). The predicted molar refractivity (Wildman–Crippen MR) is 132 cm³/mol. The molecule has 0 radical (unpaired) electrons. The zero-order valence-corrected chi connectivity index (χ0v) is 19.3. The molecule has 0 bridgehead atoms. The van der Waals surface area contributed by atoms with Crippen molar-refractivity contribution in [3.05, 3.63) is 84.2 Å². The number of nitrogens with zero attached hydrogens (tertiary/aromatic N) is 1. The van der Waals surface area contributed by atoms with E-state index in [9.17, 15) is 14.0 Å². The highest BCUT2D eigenvalue weighted by Gasteiger charge is 2.12. The molecule has 0 saturated carbocycles. The number of hydrogen-bond acceptors (Lipinski definition) is 4. The molecule has 8 heteroatoms. The first kappa shape index (κ1) is 24.7. The van der Waals surface area contributed by atoms with Gasteiger partial charge < -0.3 is 25.6 Å². The summed E-state index contributed by atoms with van der Waals surface area (Å²) in [6.07, 6.45) is 0. The Bertz CT molecular complexity index is 1090. The second-order valence-corrected chi connectivity index (χ2v) is 7.50. The van der Waals surface area contributed by atoms with Crippen molar-refractivity contribution < 1.29 is 18.7 Å². The van der Waals surface area contributed by atoms with Crippen molar-refractivity contribution in [3.63, 3.8) is 0 Å². The molecule has 3 aromatic rings. The van der Waals surface area contributed by atoms with Crippen LogP contribution in [0.3, 0.4) is 0 Å². The van der Waals surface area contributed by atoms with Crippen LogP contribution in [0.5, 0.6) is 11.5 Å². The maximum atomic E-state index is 14.5. The van der Waals surface area contributed by atoms with Gasteiger partial charge in [-0.3, -0.25) is 4.79 Å². The van der Waals surface area contributed by atoms with Crippen molar-refractivity contribution in [1.82, 2.24) is 10.2 Å². The van der Waals surface area contributed by atoms with Gasteiger partial charge in [0, 0.05) is 24.3 Å². The average Bonchev–Trinajstić information content (AvgIpc) is 2.85. The molecule has 34 heavy (non-hydrogen) atoms. The minimum absolute atomic E-state index is 0.0266. The molecule has 178 valence electrons. The number of para-hydroxylation sites is 1. The topological polar surface area (TPSA) is 82.7 Å². The van der Waals surface area contributed by atoms with E-state index in [2.05, 4.69) is 34.7 Å². The number of ether oxygens (including phenoxy) is 1. The fraction of sp³-hybridized carbons (Fsp3) is 0.231. The van der Waals surface area contributed by atoms with Crippen LogP contribution in [0.15, 0.2) is 72.8 Å². The number of anilines is 2. The summed E-state index contributed by atoms with van der Waals surface area (Å²) in [5.41, 5.74) is 0.681. The summed E-state index contributed by atoms with van der Waals surface area (Å²) >= 11 is 0. The van der Waals surface area contributed by atoms with Crippen molar-refractivity contribution >= 4 is 23.3 Å². The molecule has 0 aliphatic carbocycles. The summed E-state index contributed by atoms with van der Waals surface area (Å²) in [6, 6.07) is 19.5. The first-order valence-electron chi connectivity index (χ1n) is 11.2. The van der Waals surface area contributed by atoms with Gasteiger partial charge in [0.05, 0.1) is 5.69 Å². The second-order valence-electron chi connectivity index (χ2n) is 7.50. The lowest BCUT2D eigenvalue weighted by Gasteiger charge is -2.18. The van der Waals surface area contributed by atoms with Gasteiger partial charge in [0.25, 0.3) is 5.91 Å². The molecule has 0 unspecified atom stereocenters. The summed E-state index contributed by atoms with van der Waals surface area (Å²) in [4.78, 5) is 26.7. The summed E-state index contributed by atoms with van der Waals surface area (Å²) in [5.74, 6) is 0.268. The van der Waals surface area contributed by atoms with E-state index < -0.39 is 11.8 Å². The number of urea groups is 1. The Kier molecular flexibility index (Phi) is 8.99. The van der Waals surface area contributed by atoms with Crippen LogP contribution in [0, 0.1) is 5.82 Å². The molecule has 7 nitrogen and oxygen atoms in total. The minimum atomic E-state index is -0.696. The van der Waals surface area contributed by atoms with Crippen LogP contribution < -0.4 is 20.7 Å². The number of nitrogens with one attached hydrogen (secondary N) is 3. The zero-order valence-electron chi connectivity index (χ0n) is 19.3. The van der Waals surface area contributed by atoms with Gasteiger partial charge in [-0.15, -0.1) is 0 Å². The van der Waals surface area contributed by atoms with Gasteiger partial charge in [-0.05, 0) is 67.7 Å². The predicted octanol–water partition coefficient (Wildman–Crippen LogP) is 5.33. The molecule has 0 saturated heterocycles. The quantitative estimate of drug-likeness (QED) is 0.379. The second kappa shape index (κ2) is 12.4. The molecule has 0 heterocycles. The Balaban J connectivity index is 1.51. The Labute approximate surface area is 198 Å². The molecular formula is C26H29FN4O3. The number of carbonyl (C=O) groups is 2. The monoisotopic (exact) mass is 464 g/mol.